The normalized spacial score (nSPS) is 17.2. The van der Waals surface area contributed by atoms with Crippen LogP contribution in [0.4, 0.5) is 14.5 Å². The van der Waals surface area contributed by atoms with E-state index >= 15 is 0 Å². The van der Waals surface area contributed by atoms with Crippen molar-refractivity contribution in [1.82, 2.24) is 0 Å². The number of hydrogen-bond acceptors (Lipinski definition) is 2. The molecule has 2 aliphatic rings. The molecule has 0 saturated carbocycles. The summed E-state index contributed by atoms with van der Waals surface area (Å²) >= 11 is 0. The van der Waals surface area contributed by atoms with E-state index in [1.807, 2.05) is 12.1 Å². The Morgan fingerprint density at radius 1 is 1.13 bits per heavy atom. The monoisotopic (exact) mass is 313 g/mol. The standard InChI is InChI=1S/C19H17F2NO/c1-10-6-13-15-9-23-18-14(7-11(20)8-16(18)21)12(15)4-5-17(13)22-19(10,2)3/h4-8,22H,9H2,1-3H3. The molecule has 4 heteroatoms. The Kier molecular flexibility index (Phi) is 2.83. The highest BCUT2D eigenvalue weighted by molar-refractivity contribution is 5.86. The summed E-state index contributed by atoms with van der Waals surface area (Å²) < 4.78 is 33.2. The fourth-order valence-electron chi connectivity index (χ4n) is 3.23. The highest BCUT2D eigenvalue weighted by atomic mass is 19.1. The van der Waals surface area contributed by atoms with Gasteiger partial charge in [0.05, 0.1) is 5.54 Å². The van der Waals surface area contributed by atoms with Crippen molar-refractivity contribution in [3.05, 3.63) is 52.6 Å². The summed E-state index contributed by atoms with van der Waals surface area (Å²) in [6, 6.07) is 6.07. The zero-order valence-corrected chi connectivity index (χ0v) is 13.3. The highest BCUT2D eigenvalue weighted by Gasteiger charge is 2.30. The number of anilines is 1. The molecule has 23 heavy (non-hydrogen) atoms. The highest BCUT2D eigenvalue weighted by Crippen LogP contribution is 2.45. The molecule has 2 aromatic carbocycles. The lowest BCUT2D eigenvalue weighted by molar-refractivity contribution is 0.285. The Morgan fingerprint density at radius 2 is 1.91 bits per heavy atom. The van der Waals surface area contributed by atoms with Crippen molar-refractivity contribution in [3.8, 4) is 16.9 Å². The van der Waals surface area contributed by atoms with Gasteiger partial charge in [0.15, 0.2) is 11.6 Å². The van der Waals surface area contributed by atoms with Crippen LogP contribution in [0.5, 0.6) is 5.75 Å². The summed E-state index contributed by atoms with van der Waals surface area (Å²) in [6.07, 6.45) is 2.13. The maximum atomic E-state index is 13.9. The second kappa shape index (κ2) is 4.57. The van der Waals surface area contributed by atoms with Crippen molar-refractivity contribution in [3.63, 3.8) is 0 Å². The van der Waals surface area contributed by atoms with Crippen LogP contribution in [0.15, 0.2) is 29.8 Å². The summed E-state index contributed by atoms with van der Waals surface area (Å²) in [5.41, 5.74) is 5.40. The summed E-state index contributed by atoms with van der Waals surface area (Å²) in [7, 11) is 0. The van der Waals surface area contributed by atoms with E-state index < -0.39 is 11.6 Å². The minimum atomic E-state index is -0.658. The van der Waals surface area contributed by atoms with E-state index in [4.69, 9.17) is 4.74 Å². The van der Waals surface area contributed by atoms with Crippen LogP contribution < -0.4 is 10.1 Å². The summed E-state index contributed by atoms with van der Waals surface area (Å²) in [5, 5.41) is 3.51. The Hall–Kier alpha value is -2.36. The molecule has 0 fully saturated rings. The van der Waals surface area contributed by atoms with Gasteiger partial charge < -0.3 is 10.1 Å². The molecule has 0 bridgehead atoms. The minimum Gasteiger partial charge on any atom is -0.485 e. The average molecular weight is 313 g/mol. The number of halogens is 2. The third-order valence-corrected chi connectivity index (χ3v) is 4.81. The van der Waals surface area contributed by atoms with E-state index in [1.165, 1.54) is 11.6 Å². The van der Waals surface area contributed by atoms with E-state index in [9.17, 15) is 8.78 Å². The number of nitrogens with one attached hydrogen (secondary N) is 1. The van der Waals surface area contributed by atoms with Gasteiger partial charge in [-0.05, 0) is 44.0 Å². The lowest BCUT2D eigenvalue weighted by Crippen LogP contribution is -2.35. The fourth-order valence-corrected chi connectivity index (χ4v) is 3.23. The van der Waals surface area contributed by atoms with Crippen molar-refractivity contribution < 1.29 is 13.5 Å². The molecule has 0 radical (unpaired) electrons. The minimum absolute atomic E-state index is 0.118. The number of ether oxygens (including phenoxy) is 1. The third kappa shape index (κ3) is 2.05. The van der Waals surface area contributed by atoms with Crippen molar-refractivity contribution in [2.45, 2.75) is 32.9 Å². The van der Waals surface area contributed by atoms with Gasteiger partial charge in [0, 0.05) is 28.4 Å². The smallest absolute Gasteiger partial charge is 0.168 e. The van der Waals surface area contributed by atoms with Crippen LogP contribution in [-0.2, 0) is 6.61 Å². The average Bonchev–Trinajstić information content (AvgIpc) is 2.47. The van der Waals surface area contributed by atoms with E-state index in [-0.39, 0.29) is 17.9 Å². The first-order valence-corrected chi connectivity index (χ1v) is 7.62. The third-order valence-electron chi connectivity index (χ3n) is 4.81. The van der Waals surface area contributed by atoms with Gasteiger partial charge in [-0.2, -0.15) is 0 Å². The number of benzene rings is 2. The summed E-state index contributed by atoms with van der Waals surface area (Å²) in [4.78, 5) is 0. The summed E-state index contributed by atoms with van der Waals surface area (Å²) in [5.74, 6) is -1.13. The maximum Gasteiger partial charge on any atom is 0.168 e. The van der Waals surface area contributed by atoms with Crippen molar-refractivity contribution in [2.24, 2.45) is 0 Å². The molecule has 0 amide bonds. The fraction of sp³-hybridized carbons (Fsp3) is 0.263. The van der Waals surface area contributed by atoms with Crippen LogP contribution in [0.2, 0.25) is 0 Å². The lowest BCUT2D eigenvalue weighted by Gasteiger charge is -2.35. The van der Waals surface area contributed by atoms with Crippen LogP contribution in [0.1, 0.15) is 31.9 Å². The molecule has 2 aromatic rings. The number of rotatable bonds is 0. The van der Waals surface area contributed by atoms with Gasteiger partial charge in [0.2, 0.25) is 0 Å². The van der Waals surface area contributed by atoms with Crippen LogP contribution in [0, 0.1) is 11.6 Å². The number of hydrogen-bond donors (Lipinski definition) is 1. The molecule has 0 saturated heterocycles. The largest absolute Gasteiger partial charge is 0.485 e. The predicted molar refractivity (Wildman–Crippen MR) is 87.5 cm³/mol. The number of fused-ring (bicyclic) bond motifs is 5. The van der Waals surface area contributed by atoms with Crippen molar-refractivity contribution >= 4 is 11.8 Å². The second-order valence-electron chi connectivity index (χ2n) is 6.68. The molecule has 4 rings (SSSR count). The van der Waals surface area contributed by atoms with E-state index in [1.54, 1.807) is 0 Å². The van der Waals surface area contributed by atoms with Crippen LogP contribution in [-0.4, -0.2) is 5.54 Å². The molecule has 2 heterocycles. The zero-order valence-electron chi connectivity index (χ0n) is 13.3. The quantitative estimate of drug-likeness (QED) is 0.728. The molecule has 0 aliphatic carbocycles. The topological polar surface area (TPSA) is 21.3 Å². The van der Waals surface area contributed by atoms with E-state index in [0.717, 1.165) is 28.4 Å². The first-order valence-electron chi connectivity index (χ1n) is 7.62. The molecule has 2 nitrogen and oxygen atoms in total. The predicted octanol–water partition coefficient (Wildman–Crippen LogP) is 5.13. The molecule has 2 aliphatic heterocycles. The van der Waals surface area contributed by atoms with E-state index in [2.05, 4.69) is 32.2 Å². The van der Waals surface area contributed by atoms with Gasteiger partial charge >= 0.3 is 0 Å². The van der Waals surface area contributed by atoms with Gasteiger partial charge in [0.25, 0.3) is 0 Å². The Balaban J connectivity index is 1.96. The Morgan fingerprint density at radius 3 is 2.70 bits per heavy atom. The van der Waals surface area contributed by atoms with Crippen LogP contribution in [0.25, 0.3) is 17.2 Å². The molecule has 0 unspecified atom stereocenters. The van der Waals surface area contributed by atoms with Gasteiger partial charge in [-0.15, -0.1) is 0 Å². The molecule has 1 N–H and O–H groups in total. The first kappa shape index (κ1) is 14.2. The second-order valence-corrected chi connectivity index (χ2v) is 6.68. The zero-order chi connectivity index (χ0) is 16.4. The Bertz CT molecular complexity index is 868. The van der Waals surface area contributed by atoms with E-state index in [0.29, 0.717) is 5.56 Å². The van der Waals surface area contributed by atoms with Crippen molar-refractivity contribution in [2.75, 3.05) is 5.32 Å². The lowest BCUT2D eigenvalue weighted by atomic mass is 9.84. The SMILES string of the molecule is CC1=Cc2c(ccc3c2COc2c(F)cc(F)cc2-3)NC1(C)C. The molecular weight excluding hydrogens is 296 g/mol. The maximum absolute atomic E-state index is 13.9. The van der Waals surface area contributed by atoms with Crippen LogP contribution >= 0.6 is 0 Å². The Labute approximate surface area is 133 Å². The van der Waals surface area contributed by atoms with Gasteiger partial charge in [0.1, 0.15) is 12.4 Å². The van der Waals surface area contributed by atoms with Crippen molar-refractivity contribution in [1.29, 1.82) is 0 Å². The molecule has 0 spiro atoms. The molecular formula is C19H17F2NO. The van der Waals surface area contributed by atoms with Crippen LogP contribution in [0.3, 0.4) is 0 Å². The first-order chi connectivity index (χ1) is 10.9. The van der Waals surface area contributed by atoms with Gasteiger partial charge in [-0.3, -0.25) is 0 Å². The molecule has 118 valence electrons. The molecule has 0 atom stereocenters. The van der Waals surface area contributed by atoms with Gasteiger partial charge in [-0.1, -0.05) is 12.1 Å². The summed E-state index contributed by atoms with van der Waals surface area (Å²) in [6.45, 7) is 6.60. The van der Waals surface area contributed by atoms with Gasteiger partial charge in [-0.25, -0.2) is 8.78 Å². The molecule has 0 aromatic heterocycles.